The Morgan fingerprint density at radius 3 is 3.00 bits per heavy atom. The molecule has 1 atom stereocenters. The molecule has 0 unspecified atom stereocenters. The van der Waals surface area contributed by atoms with Gasteiger partial charge in [-0.25, -0.2) is 4.39 Å². The average molecular weight is 360 g/mol. The molecule has 8 heteroatoms. The maximum Gasteiger partial charge on any atom is 0.231 e. The number of nitrogens with zero attached hydrogens (tertiary/aromatic N) is 3. The predicted molar refractivity (Wildman–Crippen MR) is 92.9 cm³/mol. The number of aromatic nitrogens is 2. The van der Waals surface area contributed by atoms with E-state index in [1.165, 1.54) is 18.2 Å². The summed E-state index contributed by atoms with van der Waals surface area (Å²) in [6.07, 6.45) is 3.51. The first-order valence-corrected chi connectivity index (χ1v) is 8.32. The van der Waals surface area contributed by atoms with E-state index in [4.69, 9.17) is 4.74 Å². The van der Waals surface area contributed by atoms with E-state index in [0.717, 1.165) is 5.56 Å². The summed E-state index contributed by atoms with van der Waals surface area (Å²) in [6, 6.07) is 4.07. The highest BCUT2D eigenvalue weighted by Gasteiger charge is 2.34. The van der Waals surface area contributed by atoms with Crippen LogP contribution in [0.5, 0.6) is 0 Å². The van der Waals surface area contributed by atoms with Gasteiger partial charge >= 0.3 is 0 Å². The zero-order valence-electron chi connectivity index (χ0n) is 14.7. The first kappa shape index (κ1) is 18.1. The summed E-state index contributed by atoms with van der Waals surface area (Å²) in [6.45, 7) is 1.08. The van der Waals surface area contributed by atoms with E-state index in [1.807, 2.05) is 6.20 Å². The molecule has 0 saturated carbocycles. The lowest BCUT2D eigenvalue weighted by Gasteiger charge is -2.30. The van der Waals surface area contributed by atoms with Crippen molar-refractivity contribution < 1.29 is 18.7 Å². The van der Waals surface area contributed by atoms with Gasteiger partial charge in [0.15, 0.2) is 0 Å². The van der Waals surface area contributed by atoms with Crippen LogP contribution in [0.2, 0.25) is 0 Å². The number of hydrogen-bond acceptors (Lipinski definition) is 4. The Morgan fingerprint density at radius 1 is 1.50 bits per heavy atom. The number of rotatable bonds is 6. The minimum atomic E-state index is -0.719. The number of hydrogen-bond donors (Lipinski definition) is 1. The van der Waals surface area contributed by atoms with Crippen molar-refractivity contribution in [1.82, 2.24) is 14.7 Å². The van der Waals surface area contributed by atoms with Crippen LogP contribution >= 0.6 is 0 Å². The molecule has 1 aliphatic heterocycles. The fraction of sp³-hybridized carbons (Fsp3) is 0.389. The van der Waals surface area contributed by atoms with E-state index >= 15 is 0 Å². The maximum atomic E-state index is 13.7. The first-order valence-electron chi connectivity index (χ1n) is 8.32. The van der Waals surface area contributed by atoms with Crippen molar-refractivity contribution in [1.29, 1.82) is 0 Å². The summed E-state index contributed by atoms with van der Waals surface area (Å²) in [5, 5.41) is 6.81. The van der Waals surface area contributed by atoms with Crippen LogP contribution in [-0.2, 0) is 27.9 Å². The second-order valence-electron chi connectivity index (χ2n) is 6.31. The lowest BCUT2D eigenvalue weighted by atomic mass is 9.89. The molecule has 0 saturated heterocycles. The predicted octanol–water partition coefficient (Wildman–Crippen LogP) is 1.66. The molecule has 0 radical (unpaired) electrons. The zero-order chi connectivity index (χ0) is 18.7. The van der Waals surface area contributed by atoms with Gasteiger partial charge in [-0.05, 0) is 23.8 Å². The van der Waals surface area contributed by atoms with Crippen LogP contribution in [-0.4, -0.2) is 46.8 Å². The number of aryl methyl sites for hydroxylation is 1. The number of amides is 2. The van der Waals surface area contributed by atoms with Crippen molar-refractivity contribution >= 4 is 17.5 Å². The molecular weight excluding hydrogens is 339 g/mol. The third-order valence-corrected chi connectivity index (χ3v) is 4.36. The lowest BCUT2D eigenvalue weighted by molar-refractivity contribution is -0.136. The van der Waals surface area contributed by atoms with Crippen LogP contribution in [0, 0.1) is 5.82 Å². The molecule has 2 amide bonds. The lowest BCUT2D eigenvalue weighted by Crippen LogP contribution is -2.40. The summed E-state index contributed by atoms with van der Waals surface area (Å²) in [5.74, 6) is -1.64. The van der Waals surface area contributed by atoms with E-state index in [2.05, 4.69) is 10.4 Å². The molecule has 0 aliphatic carbocycles. The molecule has 7 nitrogen and oxygen atoms in total. The molecule has 2 aromatic rings. The molecule has 1 aromatic heterocycles. The summed E-state index contributed by atoms with van der Waals surface area (Å²) in [4.78, 5) is 26.8. The number of carbonyl (C=O) groups is 2. The van der Waals surface area contributed by atoms with Crippen molar-refractivity contribution in [3.8, 4) is 0 Å². The van der Waals surface area contributed by atoms with E-state index in [9.17, 15) is 14.0 Å². The molecule has 2 heterocycles. The molecule has 0 bridgehead atoms. The Labute approximate surface area is 150 Å². The molecule has 138 valence electrons. The van der Waals surface area contributed by atoms with Crippen molar-refractivity contribution in [2.24, 2.45) is 7.05 Å². The molecule has 3 rings (SSSR count). The van der Waals surface area contributed by atoms with Gasteiger partial charge in [-0.1, -0.05) is 0 Å². The van der Waals surface area contributed by atoms with Gasteiger partial charge in [-0.15, -0.1) is 0 Å². The summed E-state index contributed by atoms with van der Waals surface area (Å²) >= 11 is 0. The SMILES string of the molecule is COCCN(Cc1cnn(C)c1)C(=O)[C@@H]1CC(=O)Nc2ccc(F)cc21. The molecule has 1 aromatic carbocycles. The fourth-order valence-electron chi connectivity index (χ4n) is 3.12. The van der Waals surface area contributed by atoms with Crippen LogP contribution in [0.25, 0.3) is 0 Å². The molecule has 26 heavy (non-hydrogen) atoms. The Hall–Kier alpha value is -2.74. The molecule has 1 N–H and O–H groups in total. The van der Waals surface area contributed by atoms with E-state index in [0.29, 0.717) is 30.9 Å². The van der Waals surface area contributed by atoms with Gasteiger partial charge in [-0.3, -0.25) is 14.3 Å². The summed E-state index contributed by atoms with van der Waals surface area (Å²) in [7, 11) is 3.36. The number of methoxy groups -OCH3 is 1. The Bertz CT molecular complexity index is 821. The highest BCUT2D eigenvalue weighted by Crippen LogP contribution is 2.34. The van der Waals surface area contributed by atoms with Crippen LogP contribution in [0.3, 0.4) is 0 Å². The Balaban J connectivity index is 1.88. The van der Waals surface area contributed by atoms with Gasteiger partial charge in [0.05, 0.1) is 18.7 Å². The molecule has 1 aliphatic rings. The fourth-order valence-corrected chi connectivity index (χ4v) is 3.12. The number of halogens is 1. The quantitative estimate of drug-likeness (QED) is 0.850. The van der Waals surface area contributed by atoms with Gasteiger partial charge < -0.3 is 15.0 Å². The highest BCUT2D eigenvalue weighted by atomic mass is 19.1. The minimum absolute atomic E-state index is 0.00813. The topological polar surface area (TPSA) is 76.5 Å². The van der Waals surface area contributed by atoms with Crippen LogP contribution in [0.1, 0.15) is 23.5 Å². The second kappa shape index (κ2) is 7.65. The van der Waals surface area contributed by atoms with Gasteiger partial charge in [0.25, 0.3) is 0 Å². The zero-order valence-corrected chi connectivity index (χ0v) is 14.7. The maximum absolute atomic E-state index is 13.7. The van der Waals surface area contributed by atoms with E-state index < -0.39 is 11.7 Å². The number of nitrogens with one attached hydrogen (secondary N) is 1. The van der Waals surface area contributed by atoms with Gasteiger partial charge in [0.2, 0.25) is 11.8 Å². The monoisotopic (exact) mass is 360 g/mol. The van der Waals surface area contributed by atoms with Crippen molar-refractivity contribution in [2.75, 3.05) is 25.6 Å². The van der Waals surface area contributed by atoms with Crippen molar-refractivity contribution in [3.05, 3.63) is 47.5 Å². The Morgan fingerprint density at radius 2 is 2.31 bits per heavy atom. The number of benzene rings is 1. The summed E-state index contributed by atoms with van der Waals surface area (Å²) in [5.41, 5.74) is 1.86. The number of anilines is 1. The standard InChI is InChI=1S/C18H21FN4O3/c1-22-10-12(9-20-22)11-23(5-6-26-2)18(25)15-8-17(24)21-16-4-3-13(19)7-14(15)16/h3-4,7,9-10,15H,5-6,8,11H2,1-2H3,(H,21,24)/t15-/m1/s1. The third kappa shape index (κ3) is 3.91. The summed E-state index contributed by atoms with van der Waals surface area (Å²) < 4.78 is 20.5. The van der Waals surface area contributed by atoms with Gasteiger partial charge in [0.1, 0.15) is 5.82 Å². The third-order valence-electron chi connectivity index (χ3n) is 4.36. The Kier molecular flexibility index (Phi) is 5.32. The average Bonchev–Trinajstić information content (AvgIpc) is 3.02. The highest BCUT2D eigenvalue weighted by molar-refractivity contribution is 6.01. The molecule has 0 spiro atoms. The molecular formula is C18H21FN4O3. The van der Waals surface area contributed by atoms with Gasteiger partial charge in [0, 0.05) is 51.1 Å². The number of ether oxygens (including phenoxy) is 1. The first-order chi connectivity index (χ1) is 12.5. The van der Waals surface area contributed by atoms with Crippen LogP contribution in [0.15, 0.2) is 30.6 Å². The second-order valence-corrected chi connectivity index (χ2v) is 6.31. The van der Waals surface area contributed by atoms with E-state index in [1.54, 1.807) is 29.9 Å². The van der Waals surface area contributed by atoms with E-state index in [-0.39, 0.29) is 18.2 Å². The van der Waals surface area contributed by atoms with Crippen molar-refractivity contribution in [3.63, 3.8) is 0 Å². The van der Waals surface area contributed by atoms with Crippen molar-refractivity contribution in [2.45, 2.75) is 18.9 Å². The van der Waals surface area contributed by atoms with Gasteiger partial charge in [-0.2, -0.15) is 5.10 Å². The molecule has 0 fully saturated rings. The largest absolute Gasteiger partial charge is 0.383 e. The normalized spacial score (nSPS) is 16.1. The van der Waals surface area contributed by atoms with Crippen LogP contribution < -0.4 is 5.32 Å². The smallest absolute Gasteiger partial charge is 0.231 e. The number of carbonyl (C=O) groups excluding carboxylic acids is 2. The minimum Gasteiger partial charge on any atom is -0.383 e. The van der Waals surface area contributed by atoms with Crippen LogP contribution in [0.4, 0.5) is 10.1 Å². The number of fused-ring (bicyclic) bond motifs is 1.